The molecule has 0 bridgehead atoms. The Balaban J connectivity index is 1.64. The zero-order valence-corrected chi connectivity index (χ0v) is 22.8. The lowest BCUT2D eigenvalue weighted by Crippen LogP contribution is -2.48. The Labute approximate surface area is 228 Å². The number of morpholine rings is 1. The van der Waals surface area contributed by atoms with Crippen molar-refractivity contribution in [3.63, 3.8) is 0 Å². The molecule has 3 aromatic rings. The van der Waals surface area contributed by atoms with Crippen LogP contribution in [-0.4, -0.2) is 58.7 Å². The van der Waals surface area contributed by atoms with Gasteiger partial charge in [-0.1, -0.05) is 0 Å². The van der Waals surface area contributed by atoms with E-state index in [-0.39, 0.29) is 40.4 Å². The molecule has 3 atom stereocenters. The van der Waals surface area contributed by atoms with Gasteiger partial charge in [0.25, 0.3) is 11.5 Å². The van der Waals surface area contributed by atoms with Crippen molar-refractivity contribution < 1.29 is 32.2 Å². The molecular weight excluding hydrogens is 529 g/mol. The highest BCUT2D eigenvalue weighted by Gasteiger charge is 2.36. The summed E-state index contributed by atoms with van der Waals surface area (Å²) in [5, 5.41) is 2.98. The highest BCUT2D eigenvalue weighted by molar-refractivity contribution is 5.94. The van der Waals surface area contributed by atoms with Crippen LogP contribution < -0.4 is 10.9 Å². The molecular formula is C28H31F3N4O5. The van der Waals surface area contributed by atoms with Gasteiger partial charge < -0.3 is 19.7 Å². The Morgan fingerprint density at radius 2 is 1.77 bits per heavy atom. The van der Waals surface area contributed by atoms with Gasteiger partial charge in [0, 0.05) is 30.4 Å². The number of methoxy groups -OCH3 is 1. The number of carbonyl (C=O) groups excluding carboxylic acids is 2. The molecule has 1 N–H and O–H groups in total. The van der Waals surface area contributed by atoms with Crippen LogP contribution in [0.5, 0.6) is 0 Å². The van der Waals surface area contributed by atoms with Crippen LogP contribution in [0.15, 0.2) is 41.2 Å². The van der Waals surface area contributed by atoms with Crippen molar-refractivity contribution >= 4 is 28.5 Å². The molecule has 1 aliphatic heterocycles. The predicted octanol–water partition coefficient (Wildman–Crippen LogP) is 4.32. The Morgan fingerprint density at radius 1 is 1.15 bits per heavy atom. The summed E-state index contributed by atoms with van der Waals surface area (Å²) in [6.45, 7) is 7.30. The molecule has 214 valence electrons. The number of carbonyl (C=O) groups is 2. The number of aromatic nitrogens is 2. The Hall–Kier alpha value is -3.93. The van der Waals surface area contributed by atoms with Crippen LogP contribution in [0.25, 0.3) is 10.9 Å². The standard InChI is InChI=1S/C28H31F3N4O5/c1-15-12-34(13-16(2)40-15)26(37)19-6-8-20(9-7-19)32-17(3)21-10-22-24(11-23(21)28(29,30)31)33-18(4)35(27(22)38)14-25(36)39-5/h6-11,15-17,32H,12-14H2,1-5H3/t15-,16+,17-/m0/s1. The average molecular weight is 561 g/mol. The first kappa shape index (κ1) is 29.1. The number of rotatable bonds is 6. The van der Waals surface area contributed by atoms with Crippen LogP contribution in [-0.2, 0) is 27.0 Å². The van der Waals surface area contributed by atoms with Gasteiger partial charge in [-0.2, -0.15) is 13.2 Å². The van der Waals surface area contributed by atoms with Crippen LogP contribution in [0.1, 0.15) is 54.1 Å². The van der Waals surface area contributed by atoms with Gasteiger partial charge in [-0.15, -0.1) is 0 Å². The summed E-state index contributed by atoms with van der Waals surface area (Å²) < 4.78 is 53.7. The highest BCUT2D eigenvalue weighted by Crippen LogP contribution is 2.37. The molecule has 40 heavy (non-hydrogen) atoms. The third-order valence-corrected chi connectivity index (χ3v) is 6.82. The second-order valence-corrected chi connectivity index (χ2v) is 9.99. The summed E-state index contributed by atoms with van der Waals surface area (Å²) in [6, 6.07) is 7.62. The number of benzene rings is 2. The maximum absolute atomic E-state index is 14.1. The number of hydrogen-bond donors (Lipinski definition) is 1. The topological polar surface area (TPSA) is 103 Å². The number of esters is 1. The lowest BCUT2D eigenvalue weighted by molar-refractivity contribution is -0.141. The summed E-state index contributed by atoms with van der Waals surface area (Å²) >= 11 is 0. The average Bonchev–Trinajstić information content (AvgIpc) is 2.89. The smallest absolute Gasteiger partial charge is 0.416 e. The minimum atomic E-state index is -4.71. The number of halogens is 3. The summed E-state index contributed by atoms with van der Waals surface area (Å²) in [4.78, 5) is 43.7. The second kappa shape index (κ2) is 11.3. The van der Waals surface area contributed by atoms with Crippen LogP contribution >= 0.6 is 0 Å². The van der Waals surface area contributed by atoms with Gasteiger partial charge in [0.2, 0.25) is 0 Å². The molecule has 1 amide bonds. The molecule has 1 aromatic heterocycles. The van der Waals surface area contributed by atoms with E-state index in [2.05, 4.69) is 15.0 Å². The van der Waals surface area contributed by atoms with E-state index in [1.165, 1.54) is 14.0 Å². The van der Waals surface area contributed by atoms with E-state index in [0.717, 1.165) is 16.7 Å². The third kappa shape index (κ3) is 6.11. The van der Waals surface area contributed by atoms with E-state index < -0.39 is 35.9 Å². The lowest BCUT2D eigenvalue weighted by Gasteiger charge is -2.35. The molecule has 2 heterocycles. The fourth-order valence-corrected chi connectivity index (χ4v) is 4.94. The summed E-state index contributed by atoms with van der Waals surface area (Å²) in [5.74, 6) is -0.750. The van der Waals surface area contributed by atoms with Crippen molar-refractivity contribution in [1.29, 1.82) is 0 Å². The molecule has 9 nitrogen and oxygen atoms in total. The maximum Gasteiger partial charge on any atom is 0.416 e. The molecule has 4 rings (SSSR count). The Kier molecular flexibility index (Phi) is 8.20. The van der Waals surface area contributed by atoms with E-state index in [1.54, 1.807) is 36.1 Å². The van der Waals surface area contributed by atoms with Crippen LogP contribution in [0.4, 0.5) is 18.9 Å². The van der Waals surface area contributed by atoms with Crippen LogP contribution in [0.3, 0.4) is 0 Å². The monoisotopic (exact) mass is 560 g/mol. The van der Waals surface area contributed by atoms with Crippen LogP contribution in [0.2, 0.25) is 0 Å². The number of hydrogen-bond acceptors (Lipinski definition) is 7. The van der Waals surface area contributed by atoms with Gasteiger partial charge in [-0.3, -0.25) is 19.0 Å². The normalized spacial score (nSPS) is 18.4. The number of nitrogens with zero attached hydrogens (tertiary/aromatic N) is 3. The zero-order valence-electron chi connectivity index (χ0n) is 22.8. The lowest BCUT2D eigenvalue weighted by atomic mass is 9.98. The number of anilines is 1. The fraction of sp³-hybridized carbons (Fsp3) is 0.429. The molecule has 0 aliphatic carbocycles. The van der Waals surface area contributed by atoms with E-state index >= 15 is 0 Å². The van der Waals surface area contributed by atoms with Crippen molar-refractivity contribution in [1.82, 2.24) is 14.5 Å². The summed E-state index contributed by atoms with van der Waals surface area (Å²) in [7, 11) is 1.17. The third-order valence-electron chi connectivity index (χ3n) is 6.82. The molecule has 1 aliphatic rings. The van der Waals surface area contributed by atoms with Crippen LogP contribution in [0, 0.1) is 6.92 Å². The van der Waals surface area contributed by atoms with Crippen molar-refractivity contribution in [2.45, 2.75) is 58.7 Å². The van der Waals surface area contributed by atoms with E-state index in [9.17, 15) is 27.6 Å². The van der Waals surface area contributed by atoms with Crippen molar-refractivity contribution in [3.05, 3.63) is 69.3 Å². The molecule has 0 saturated carbocycles. The SMILES string of the molecule is COC(=O)Cn1c(C)nc2cc(C(F)(F)F)c([C@H](C)Nc3ccc(C(=O)N4C[C@@H](C)O[C@@H](C)C4)cc3)cc2c1=O. The van der Waals surface area contributed by atoms with Crippen molar-refractivity contribution in [2.24, 2.45) is 0 Å². The van der Waals surface area contributed by atoms with E-state index in [1.807, 2.05) is 13.8 Å². The molecule has 12 heteroatoms. The van der Waals surface area contributed by atoms with Gasteiger partial charge in [-0.05, 0) is 69.7 Å². The number of alkyl halides is 3. The van der Waals surface area contributed by atoms with Crippen molar-refractivity contribution in [3.8, 4) is 0 Å². The van der Waals surface area contributed by atoms with Gasteiger partial charge >= 0.3 is 12.1 Å². The summed E-state index contributed by atoms with van der Waals surface area (Å²) in [6.07, 6.45) is -4.87. The number of amides is 1. The largest absolute Gasteiger partial charge is 0.468 e. The minimum Gasteiger partial charge on any atom is -0.468 e. The predicted molar refractivity (Wildman–Crippen MR) is 142 cm³/mol. The molecule has 0 radical (unpaired) electrons. The molecule has 0 unspecified atom stereocenters. The fourth-order valence-electron chi connectivity index (χ4n) is 4.94. The first-order valence-corrected chi connectivity index (χ1v) is 12.8. The first-order chi connectivity index (χ1) is 18.8. The van der Waals surface area contributed by atoms with Gasteiger partial charge in [0.15, 0.2) is 0 Å². The number of nitrogens with one attached hydrogen (secondary N) is 1. The van der Waals surface area contributed by atoms with Crippen molar-refractivity contribution in [2.75, 3.05) is 25.5 Å². The zero-order chi connectivity index (χ0) is 29.4. The van der Waals surface area contributed by atoms with E-state index in [4.69, 9.17) is 4.74 Å². The van der Waals surface area contributed by atoms with Gasteiger partial charge in [0.1, 0.15) is 12.4 Å². The molecule has 0 spiro atoms. The molecule has 2 aromatic carbocycles. The summed E-state index contributed by atoms with van der Waals surface area (Å²) in [5.41, 5.74) is -0.922. The van der Waals surface area contributed by atoms with Gasteiger partial charge in [0.05, 0.1) is 35.8 Å². The second-order valence-electron chi connectivity index (χ2n) is 9.99. The quantitative estimate of drug-likeness (QED) is 0.448. The minimum absolute atomic E-state index is 0.0546. The number of aryl methyl sites for hydroxylation is 1. The Morgan fingerprint density at radius 3 is 2.35 bits per heavy atom. The Bertz CT molecular complexity index is 1480. The number of fused-ring (bicyclic) bond motifs is 1. The van der Waals surface area contributed by atoms with Gasteiger partial charge in [-0.25, -0.2) is 4.98 Å². The first-order valence-electron chi connectivity index (χ1n) is 12.8. The number of ether oxygens (including phenoxy) is 2. The highest BCUT2D eigenvalue weighted by atomic mass is 19.4. The molecule has 1 saturated heterocycles. The van der Waals surface area contributed by atoms with E-state index in [0.29, 0.717) is 24.3 Å². The maximum atomic E-state index is 14.1. The molecule has 1 fully saturated rings.